The van der Waals surface area contributed by atoms with Crippen LogP contribution in [-0.2, 0) is 11.2 Å². The van der Waals surface area contributed by atoms with Crippen LogP contribution in [0.3, 0.4) is 0 Å². The van der Waals surface area contributed by atoms with E-state index in [9.17, 15) is 9.59 Å². The molecule has 0 radical (unpaired) electrons. The number of hydrogen-bond acceptors (Lipinski definition) is 2. The second-order valence-electron chi connectivity index (χ2n) is 6.96. The van der Waals surface area contributed by atoms with E-state index < -0.39 is 0 Å². The van der Waals surface area contributed by atoms with E-state index in [4.69, 9.17) is 0 Å². The molecule has 0 fully saturated rings. The summed E-state index contributed by atoms with van der Waals surface area (Å²) < 4.78 is 0. The first-order chi connectivity index (χ1) is 13.2. The van der Waals surface area contributed by atoms with Crippen LogP contribution in [0.4, 0.5) is 0 Å². The van der Waals surface area contributed by atoms with Crippen molar-refractivity contribution in [1.82, 2.24) is 10.6 Å². The molecule has 2 N–H and O–H groups in total. The maximum atomic E-state index is 12.4. The van der Waals surface area contributed by atoms with E-state index in [0.29, 0.717) is 5.56 Å². The molecule has 3 aromatic rings. The summed E-state index contributed by atoms with van der Waals surface area (Å²) in [6, 6.07) is 21.7. The van der Waals surface area contributed by atoms with Crippen LogP contribution >= 0.6 is 0 Å². The minimum Gasteiger partial charge on any atom is -0.348 e. The van der Waals surface area contributed by atoms with Crippen LogP contribution in [0.25, 0.3) is 10.8 Å². The summed E-state index contributed by atoms with van der Waals surface area (Å²) in [4.78, 5) is 24.7. The third-order valence-corrected chi connectivity index (χ3v) is 5.13. The first-order valence-electron chi connectivity index (χ1n) is 9.35. The molecule has 136 valence electrons. The number of benzene rings is 3. The zero-order chi connectivity index (χ0) is 18.6. The van der Waals surface area contributed by atoms with Gasteiger partial charge in [-0.05, 0) is 53.3 Å². The molecule has 0 heterocycles. The molecule has 1 aliphatic carbocycles. The number of aryl methyl sites for hydroxylation is 1. The fraction of sp³-hybridized carbons (Fsp3) is 0.217. The lowest BCUT2D eigenvalue weighted by atomic mass is 9.88. The van der Waals surface area contributed by atoms with Gasteiger partial charge < -0.3 is 10.6 Å². The number of amides is 2. The van der Waals surface area contributed by atoms with Crippen molar-refractivity contribution >= 4 is 22.6 Å². The fourth-order valence-electron chi connectivity index (χ4n) is 3.74. The largest absolute Gasteiger partial charge is 0.348 e. The Bertz CT molecular complexity index is 996. The second kappa shape index (κ2) is 7.62. The summed E-state index contributed by atoms with van der Waals surface area (Å²) >= 11 is 0. The SMILES string of the molecule is O=C(CNC(=O)c1ccc2ccccc2c1)N[C@H]1CCCc2ccccc21. The van der Waals surface area contributed by atoms with Crippen LogP contribution < -0.4 is 10.6 Å². The minimum atomic E-state index is -0.236. The van der Waals surface area contributed by atoms with Crippen molar-refractivity contribution in [3.8, 4) is 0 Å². The van der Waals surface area contributed by atoms with Gasteiger partial charge in [-0.15, -0.1) is 0 Å². The first-order valence-corrected chi connectivity index (χ1v) is 9.35. The number of carbonyl (C=O) groups excluding carboxylic acids is 2. The Hall–Kier alpha value is -3.14. The highest BCUT2D eigenvalue weighted by Gasteiger charge is 2.21. The van der Waals surface area contributed by atoms with Gasteiger partial charge in [0.1, 0.15) is 0 Å². The standard InChI is InChI=1S/C23H22N2O2/c26-22(25-21-11-5-9-17-7-3-4-10-20(17)21)15-24-23(27)19-13-12-16-6-1-2-8-18(16)14-19/h1-4,6-8,10,12-14,21H,5,9,11,15H2,(H,24,27)(H,25,26)/t21-/m0/s1. The Labute approximate surface area is 158 Å². The minimum absolute atomic E-state index is 0.0235. The summed E-state index contributed by atoms with van der Waals surface area (Å²) in [6.45, 7) is -0.0235. The summed E-state index contributed by atoms with van der Waals surface area (Å²) in [7, 11) is 0. The molecule has 4 heteroatoms. The predicted molar refractivity (Wildman–Crippen MR) is 107 cm³/mol. The molecular weight excluding hydrogens is 336 g/mol. The highest BCUT2D eigenvalue weighted by atomic mass is 16.2. The first kappa shape index (κ1) is 17.3. The molecule has 0 aromatic heterocycles. The van der Waals surface area contributed by atoms with Crippen molar-refractivity contribution in [1.29, 1.82) is 0 Å². The van der Waals surface area contributed by atoms with Crippen LogP contribution in [0.1, 0.15) is 40.4 Å². The average Bonchev–Trinajstić information content (AvgIpc) is 2.72. The number of carbonyl (C=O) groups is 2. The molecule has 4 nitrogen and oxygen atoms in total. The zero-order valence-corrected chi connectivity index (χ0v) is 15.1. The monoisotopic (exact) mass is 358 g/mol. The van der Waals surface area contributed by atoms with Gasteiger partial charge in [-0.1, -0.05) is 54.6 Å². The number of rotatable bonds is 4. The third kappa shape index (κ3) is 3.85. The van der Waals surface area contributed by atoms with Crippen molar-refractivity contribution < 1.29 is 9.59 Å². The van der Waals surface area contributed by atoms with E-state index >= 15 is 0 Å². The maximum absolute atomic E-state index is 12.4. The summed E-state index contributed by atoms with van der Waals surface area (Å²) in [5.74, 6) is -0.397. The van der Waals surface area contributed by atoms with E-state index in [2.05, 4.69) is 22.8 Å². The van der Waals surface area contributed by atoms with Crippen LogP contribution in [-0.4, -0.2) is 18.4 Å². The predicted octanol–water partition coefficient (Wildman–Crippen LogP) is 3.76. The maximum Gasteiger partial charge on any atom is 0.251 e. The molecule has 4 rings (SSSR count). The lowest BCUT2D eigenvalue weighted by molar-refractivity contribution is -0.121. The molecule has 0 unspecified atom stereocenters. The number of fused-ring (bicyclic) bond motifs is 2. The van der Waals surface area contributed by atoms with E-state index in [1.54, 1.807) is 6.07 Å². The Morgan fingerprint density at radius 2 is 1.70 bits per heavy atom. The Balaban J connectivity index is 1.37. The van der Waals surface area contributed by atoms with Gasteiger partial charge in [0.15, 0.2) is 0 Å². The lowest BCUT2D eigenvalue weighted by Gasteiger charge is -2.26. The second-order valence-corrected chi connectivity index (χ2v) is 6.96. The van der Waals surface area contributed by atoms with Gasteiger partial charge in [-0.25, -0.2) is 0 Å². The van der Waals surface area contributed by atoms with Gasteiger partial charge in [-0.2, -0.15) is 0 Å². The normalized spacial score (nSPS) is 15.8. The van der Waals surface area contributed by atoms with Crippen LogP contribution in [0.2, 0.25) is 0 Å². The van der Waals surface area contributed by atoms with E-state index in [0.717, 1.165) is 30.0 Å². The summed E-state index contributed by atoms with van der Waals surface area (Å²) in [6.07, 6.45) is 3.05. The lowest BCUT2D eigenvalue weighted by Crippen LogP contribution is -2.39. The molecule has 0 saturated carbocycles. The van der Waals surface area contributed by atoms with Crippen molar-refractivity contribution in [2.45, 2.75) is 25.3 Å². The highest BCUT2D eigenvalue weighted by molar-refractivity contribution is 6.00. The van der Waals surface area contributed by atoms with Crippen LogP contribution in [0.15, 0.2) is 66.7 Å². The summed E-state index contributed by atoms with van der Waals surface area (Å²) in [5.41, 5.74) is 3.05. The highest BCUT2D eigenvalue weighted by Crippen LogP contribution is 2.29. The Kier molecular flexibility index (Phi) is 4.88. The number of nitrogens with one attached hydrogen (secondary N) is 2. The summed E-state index contributed by atoms with van der Waals surface area (Å²) in [5, 5.41) is 7.88. The van der Waals surface area contributed by atoms with Crippen molar-refractivity contribution in [2.24, 2.45) is 0 Å². The number of hydrogen-bond donors (Lipinski definition) is 2. The molecule has 3 aromatic carbocycles. The Morgan fingerprint density at radius 3 is 2.59 bits per heavy atom. The molecule has 0 spiro atoms. The van der Waals surface area contributed by atoms with Crippen molar-refractivity contribution in [2.75, 3.05) is 6.54 Å². The van der Waals surface area contributed by atoms with Crippen LogP contribution in [0.5, 0.6) is 0 Å². The molecule has 1 atom stereocenters. The van der Waals surface area contributed by atoms with Crippen molar-refractivity contribution in [3.63, 3.8) is 0 Å². The van der Waals surface area contributed by atoms with Gasteiger partial charge in [0, 0.05) is 5.56 Å². The molecule has 0 saturated heterocycles. The average molecular weight is 358 g/mol. The molecule has 0 bridgehead atoms. The smallest absolute Gasteiger partial charge is 0.251 e. The third-order valence-electron chi connectivity index (χ3n) is 5.13. The van der Waals surface area contributed by atoms with Gasteiger partial charge >= 0.3 is 0 Å². The molecule has 2 amide bonds. The van der Waals surface area contributed by atoms with Gasteiger partial charge in [0.25, 0.3) is 5.91 Å². The van der Waals surface area contributed by atoms with E-state index in [-0.39, 0.29) is 24.4 Å². The van der Waals surface area contributed by atoms with Gasteiger partial charge in [0.2, 0.25) is 5.91 Å². The van der Waals surface area contributed by atoms with Gasteiger partial charge in [-0.3, -0.25) is 9.59 Å². The van der Waals surface area contributed by atoms with Crippen LogP contribution in [0, 0.1) is 0 Å². The Morgan fingerprint density at radius 1 is 0.926 bits per heavy atom. The van der Waals surface area contributed by atoms with E-state index in [1.165, 1.54) is 11.1 Å². The quantitative estimate of drug-likeness (QED) is 0.746. The molecule has 0 aliphatic heterocycles. The molecular formula is C23H22N2O2. The molecule has 27 heavy (non-hydrogen) atoms. The zero-order valence-electron chi connectivity index (χ0n) is 15.1. The molecule has 1 aliphatic rings. The van der Waals surface area contributed by atoms with Gasteiger partial charge in [0.05, 0.1) is 12.6 Å². The van der Waals surface area contributed by atoms with E-state index in [1.807, 2.05) is 48.5 Å². The van der Waals surface area contributed by atoms with Crippen molar-refractivity contribution in [3.05, 3.63) is 83.4 Å². The fourth-order valence-corrected chi connectivity index (χ4v) is 3.74. The topological polar surface area (TPSA) is 58.2 Å².